The summed E-state index contributed by atoms with van der Waals surface area (Å²) in [4.78, 5) is 11.1. The number of alkyl halides is 3. The topological polar surface area (TPSA) is 68.3 Å². The molecule has 0 spiro atoms. The lowest BCUT2D eigenvalue weighted by Crippen LogP contribution is -2.04. The number of hydrogen-bond acceptors (Lipinski definition) is 3. The number of nitrogens with zero attached hydrogens (tertiary/aromatic N) is 2. The maximum Gasteiger partial charge on any atom is 0.416 e. The molecule has 0 fully saturated rings. The zero-order valence-electron chi connectivity index (χ0n) is 11.2. The van der Waals surface area contributed by atoms with Crippen molar-refractivity contribution in [1.29, 1.82) is 0 Å². The molecule has 114 valence electrons. The largest absolute Gasteiger partial charge is 0.477 e. The molecule has 0 aliphatic rings. The van der Waals surface area contributed by atoms with Crippen LogP contribution in [0.1, 0.15) is 15.9 Å². The van der Waals surface area contributed by atoms with Gasteiger partial charge < -0.3 is 14.2 Å². The molecule has 3 aromatic rings. The van der Waals surface area contributed by atoms with Crippen LogP contribution in [0.25, 0.3) is 22.2 Å². The second kappa shape index (κ2) is 4.62. The fourth-order valence-corrected chi connectivity index (χ4v) is 2.34. The van der Waals surface area contributed by atoms with Crippen molar-refractivity contribution in [3.05, 3.63) is 41.7 Å². The Bertz CT molecular complexity index is 877. The van der Waals surface area contributed by atoms with Gasteiger partial charge in [-0.05, 0) is 18.2 Å². The maximum absolute atomic E-state index is 12.9. The van der Waals surface area contributed by atoms with E-state index in [-0.39, 0.29) is 22.3 Å². The Kier molecular flexibility index (Phi) is 2.98. The average molecular weight is 310 g/mol. The van der Waals surface area contributed by atoms with Crippen LogP contribution in [-0.4, -0.2) is 20.8 Å². The number of hydrogen-bond donors (Lipinski definition) is 1. The second-order valence-electron chi connectivity index (χ2n) is 4.76. The smallest absolute Gasteiger partial charge is 0.416 e. The number of aromatic carboxylic acids is 1. The van der Waals surface area contributed by atoms with E-state index in [0.717, 1.165) is 18.3 Å². The summed E-state index contributed by atoms with van der Waals surface area (Å²) in [5.41, 5.74) is -0.247. The first-order valence-corrected chi connectivity index (χ1v) is 6.13. The summed E-state index contributed by atoms with van der Waals surface area (Å²) in [5, 5.41) is 12.8. The van der Waals surface area contributed by atoms with Gasteiger partial charge in [-0.1, -0.05) is 5.16 Å². The Morgan fingerprint density at radius 3 is 2.73 bits per heavy atom. The summed E-state index contributed by atoms with van der Waals surface area (Å²) in [6.07, 6.45) is -1.96. The third kappa shape index (κ3) is 2.12. The van der Waals surface area contributed by atoms with E-state index in [9.17, 15) is 18.0 Å². The van der Waals surface area contributed by atoms with Crippen molar-refractivity contribution < 1.29 is 27.6 Å². The number of carboxylic acids is 1. The molecule has 0 unspecified atom stereocenters. The molecule has 0 aliphatic carbocycles. The highest BCUT2D eigenvalue weighted by Crippen LogP contribution is 2.37. The Balaban J connectivity index is 2.30. The van der Waals surface area contributed by atoms with E-state index < -0.39 is 17.7 Å². The van der Waals surface area contributed by atoms with Gasteiger partial charge in [-0.3, -0.25) is 0 Å². The lowest BCUT2D eigenvalue weighted by Gasteiger charge is -2.07. The normalized spacial score (nSPS) is 12.0. The molecule has 0 atom stereocenters. The number of aromatic nitrogens is 2. The van der Waals surface area contributed by atoms with E-state index in [1.807, 2.05) is 0 Å². The summed E-state index contributed by atoms with van der Waals surface area (Å²) < 4.78 is 45.1. The van der Waals surface area contributed by atoms with Crippen molar-refractivity contribution in [2.75, 3.05) is 0 Å². The van der Waals surface area contributed by atoms with Crippen molar-refractivity contribution in [2.24, 2.45) is 7.05 Å². The Morgan fingerprint density at radius 1 is 1.36 bits per heavy atom. The van der Waals surface area contributed by atoms with E-state index in [0.29, 0.717) is 5.52 Å². The zero-order valence-corrected chi connectivity index (χ0v) is 11.2. The van der Waals surface area contributed by atoms with E-state index in [1.54, 1.807) is 11.6 Å². The standard InChI is InChI=1S/C14H9F3N2O3/c1-19-6-10(12-9(13(20)21)5-18-22-12)8-4-7(14(15,16)17)2-3-11(8)19/h2-6H,1H3,(H,20,21). The summed E-state index contributed by atoms with van der Waals surface area (Å²) in [6.45, 7) is 0. The van der Waals surface area contributed by atoms with Crippen molar-refractivity contribution in [1.82, 2.24) is 9.72 Å². The number of rotatable bonds is 2. The van der Waals surface area contributed by atoms with Crippen LogP contribution in [0, 0.1) is 0 Å². The minimum Gasteiger partial charge on any atom is -0.477 e. The van der Waals surface area contributed by atoms with Crippen LogP contribution in [0.4, 0.5) is 13.2 Å². The minimum absolute atomic E-state index is 0.0718. The number of fused-ring (bicyclic) bond motifs is 1. The van der Waals surface area contributed by atoms with Gasteiger partial charge in [0.1, 0.15) is 5.56 Å². The summed E-state index contributed by atoms with van der Waals surface area (Å²) in [6, 6.07) is 3.28. The SMILES string of the molecule is Cn1cc(-c2oncc2C(=O)O)c2cc(C(F)(F)F)ccc21. The molecule has 0 amide bonds. The van der Waals surface area contributed by atoms with Gasteiger partial charge >= 0.3 is 12.1 Å². The van der Waals surface area contributed by atoms with Gasteiger partial charge in [-0.15, -0.1) is 0 Å². The monoisotopic (exact) mass is 310 g/mol. The molecular formula is C14H9F3N2O3. The third-order valence-corrected chi connectivity index (χ3v) is 3.36. The van der Waals surface area contributed by atoms with Gasteiger partial charge in [0.15, 0.2) is 5.76 Å². The fourth-order valence-electron chi connectivity index (χ4n) is 2.34. The number of halogens is 3. The molecule has 2 heterocycles. The quantitative estimate of drug-likeness (QED) is 0.786. The number of carboxylic acid groups (broad SMARTS) is 1. The van der Waals surface area contributed by atoms with E-state index in [2.05, 4.69) is 5.16 Å². The van der Waals surface area contributed by atoms with Gasteiger partial charge in [-0.2, -0.15) is 13.2 Å². The summed E-state index contributed by atoms with van der Waals surface area (Å²) in [7, 11) is 1.65. The van der Waals surface area contributed by atoms with Crippen LogP contribution in [-0.2, 0) is 13.2 Å². The molecule has 22 heavy (non-hydrogen) atoms. The predicted molar refractivity (Wildman–Crippen MR) is 70.4 cm³/mol. The Morgan fingerprint density at radius 2 is 2.09 bits per heavy atom. The Labute approximate surface area is 121 Å². The molecule has 0 saturated heterocycles. The van der Waals surface area contributed by atoms with Gasteiger partial charge in [0.25, 0.3) is 0 Å². The molecule has 1 N–H and O–H groups in total. The van der Waals surface area contributed by atoms with Crippen molar-refractivity contribution in [2.45, 2.75) is 6.18 Å². The van der Waals surface area contributed by atoms with Crippen LogP contribution < -0.4 is 0 Å². The van der Waals surface area contributed by atoms with E-state index in [4.69, 9.17) is 9.63 Å². The highest BCUT2D eigenvalue weighted by atomic mass is 19.4. The van der Waals surface area contributed by atoms with Gasteiger partial charge in [-0.25, -0.2) is 4.79 Å². The van der Waals surface area contributed by atoms with Crippen molar-refractivity contribution in [3.63, 3.8) is 0 Å². The summed E-state index contributed by atoms with van der Waals surface area (Å²) in [5.74, 6) is -1.34. The van der Waals surface area contributed by atoms with Gasteiger partial charge in [0.2, 0.25) is 0 Å². The fraction of sp³-hybridized carbons (Fsp3) is 0.143. The van der Waals surface area contributed by atoms with E-state index >= 15 is 0 Å². The maximum atomic E-state index is 12.9. The number of benzene rings is 1. The average Bonchev–Trinajstić information content (AvgIpc) is 3.02. The van der Waals surface area contributed by atoms with Crippen LogP contribution in [0.3, 0.4) is 0 Å². The first-order chi connectivity index (χ1) is 10.3. The number of aryl methyl sites for hydroxylation is 1. The highest BCUT2D eigenvalue weighted by Gasteiger charge is 2.31. The molecule has 0 saturated carbocycles. The van der Waals surface area contributed by atoms with E-state index in [1.165, 1.54) is 12.3 Å². The van der Waals surface area contributed by atoms with Crippen LogP contribution in [0.2, 0.25) is 0 Å². The first-order valence-electron chi connectivity index (χ1n) is 6.13. The second-order valence-corrected chi connectivity index (χ2v) is 4.76. The number of carbonyl (C=O) groups is 1. The Hall–Kier alpha value is -2.77. The van der Waals surface area contributed by atoms with Crippen molar-refractivity contribution >= 4 is 16.9 Å². The molecule has 0 radical (unpaired) electrons. The molecule has 2 aromatic heterocycles. The minimum atomic E-state index is -4.49. The predicted octanol–water partition coefficient (Wildman–Crippen LogP) is 3.55. The molecule has 3 rings (SSSR count). The van der Waals surface area contributed by atoms with Gasteiger partial charge in [0, 0.05) is 29.7 Å². The molecule has 0 bridgehead atoms. The molecule has 5 nitrogen and oxygen atoms in total. The van der Waals surface area contributed by atoms with Crippen LogP contribution in [0.15, 0.2) is 35.1 Å². The summed E-state index contributed by atoms with van der Waals surface area (Å²) >= 11 is 0. The van der Waals surface area contributed by atoms with Crippen LogP contribution >= 0.6 is 0 Å². The highest BCUT2D eigenvalue weighted by molar-refractivity contribution is 6.01. The lowest BCUT2D eigenvalue weighted by molar-refractivity contribution is -0.137. The van der Waals surface area contributed by atoms with Crippen LogP contribution in [0.5, 0.6) is 0 Å². The third-order valence-electron chi connectivity index (χ3n) is 3.36. The zero-order chi connectivity index (χ0) is 16.1. The first kappa shape index (κ1) is 14.2. The molecule has 0 aliphatic heterocycles. The molecule has 1 aromatic carbocycles. The van der Waals surface area contributed by atoms with Gasteiger partial charge in [0.05, 0.1) is 11.8 Å². The van der Waals surface area contributed by atoms with Crippen molar-refractivity contribution in [3.8, 4) is 11.3 Å². The molecular weight excluding hydrogens is 301 g/mol. The molecule has 8 heteroatoms. The lowest BCUT2D eigenvalue weighted by atomic mass is 10.1.